The van der Waals surface area contributed by atoms with Crippen molar-refractivity contribution in [3.63, 3.8) is 0 Å². The highest BCUT2D eigenvalue weighted by molar-refractivity contribution is 5.64. The molecule has 0 bridgehead atoms. The lowest BCUT2D eigenvalue weighted by Gasteiger charge is -2.04. The number of anilines is 1. The van der Waals surface area contributed by atoms with Gasteiger partial charge < -0.3 is 5.73 Å². The molecule has 24 heavy (non-hydrogen) atoms. The number of fused-ring (bicyclic) bond motifs is 1. The fourth-order valence-electron chi connectivity index (χ4n) is 2.60. The normalized spacial score (nSPS) is 11.0. The van der Waals surface area contributed by atoms with Crippen molar-refractivity contribution in [2.75, 3.05) is 5.73 Å². The molecular formula is C18H14FN5. The monoisotopic (exact) mass is 319 g/mol. The van der Waals surface area contributed by atoms with Gasteiger partial charge in [0, 0.05) is 18.1 Å². The molecule has 4 rings (SSSR count). The second kappa shape index (κ2) is 5.73. The summed E-state index contributed by atoms with van der Waals surface area (Å²) in [4.78, 5) is 8.71. The van der Waals surface area contributed by atoms with Crippen LogP contribution in [0.2, 0.25) is 0 Å². The topological polar surface area (TPSA) is 69.1 Å². The van der Waals surface area contributed by atoms with E-state index in [4.69, 9.17) is 5.73 Å². The first-order valence-corrected chi connectivity index (χ1v) is 7.52. The highest BCUT2D eigenvalue weighted by Crippen LogP contribution is 2.20. The number of benzene rings is 2. The van der Waals surface area contributed by atoms with E-state index < -0.39 is 0 Å². The molecule has 0 spiro atoms. The first-order chi connectivity index (χ1) is 11.7. The Kier molecular flexibility index (Phi) is 3.42. The number of hydrogen-bond donors (Lipinski definition) is 1. The maximum atomic E-state index is 13.8. The molecule has 0 aliphatic heterocycles. The quantitative estimate of drug-likeness (QED) is 0.630. The van der Waals surface area contributed by atoms with Gasteiger partial charge in [0.2, 0.25) is 5.95 Å². The average Bonchev–Trinajstić information content (AvgIpc) is 3.03. The third kappa shape index (κ3) is 2.58. The molecule has 0 saturated carbocycles. The first kappa shape index (κ1) is 14.3. The minimum atomic E-state index is -0.280. The zero-order chi connectivity index (χ0) is 16.5. The molecule has 0 aliphatic rings. The maximum Gasteiger partial charge on any atom is 0.224 e. The Morgan fingerprint density at radius 2 is 1.71 bits per heavy atom. The standard InChI is InChI=1S/C18H14FN5/c19-14-9-5-4-8-13(14)10-16-21-17-11-15(12-6-2-1-3-7-12)23-24(17)18(20)22-16/h1-9,11H,10H2,(H2,20,21,22). The molecule has 118 valence electrons. The van der Waals surface area contributed by atoms with Crippen LogP contribution in [-0.2, 0) is 6.42 Å². The number of halogens is 1. The molecule has 0 unspecified atom stereocenters. The third-order valence-corrected chi connectivity index (χ3v) is 3.77. The average molecular weight is 319 g/mol. The van der Waals surface area contributed by atoms with Crippen LogP contribution in [0.4, 0.5) is 10.3 Å². The zero-order valence-electron chi connectivity index (χ0n) is 12.7. The Labute approximate surface area is 137 Å². The summed E-state index contributed by atoms with van der Waals surface area (Å²) in [6, 6.07) is 18.2. The van der Waals surface area contributed by atoms with Gasteiger partial charge in [0.05, 0.1) is 5.69 Å². The van der Waals surface area contributed by atoms with Crippen molar-refractivity contribution in [3.05, 3.63) is 77.9 Å². The van der Waals surface area contributed by atoms with Crippen LogP contribution in [0.3, 0.4) is 0 Å². The maximum absolute atomic E-state index is 13.8. The molecule has 6 heteroatoms. The molecule has 0 fully saturated rings. The van der Waals surface area contributed by atoms with Gasteiger partial charge in [-0.3, -0.25) is 0 Å². The second-order valence-electron chi connectivity index (χ2n) is 5.43. The van der Waals surface area contributed by atoms with Crippen molar-refractivity contribution >= 4 is 11.6 Å². The smallest absolute Gasteiger partial charge is 0.224 e. The van der Waals surface area contributed by atoms with Gasteiger partial charge in [0.25, 0.3) is 0 Å². The van der Waals surface area contributed by atoms with Crippen LogP contribution in [0.1, 0.15) is 11.4 Å². The number of nitrogen functional groups attached to an aromatic ring is 1. The van der Waals surface area contributed by atoms with Crippen molar-refractivity contribution in [1.29, 1.82) is 0 Å². The lowest BCUT2D eigenvalue weighted by atomic mass is 10.1. The molecule has 0 amide bonds. The molecule has 5 nitrogen and oxygen atoms in total. The Morgan fingerprint density at radius 1 is 0.958 bits per heavy atom. The van der Waals surface area contributed by atoms with Gasteiger partial charge >= 0.3 is 0 Å². The Bertz CT molecular complexity index is 1010. The molecular weight excluding hydrogens is 305 g/mol. The minimum Gasteiger partial charge on any atom is -0.368 e. The Hall–Kier alpha value is -3.28. The zero-order valence-corrected chi connectivity index (χ0v) is 12.7. The SMILES string of the molecule is Nc1nc(Cc2ccccc2F)nc2cc(-c3ccccc3)nn12. The second-order valence-corrected chi connectivity index (χ2v) is 5.43. The fraction of sp³-hybridized carbons (Fsp3) is 0.0556. The predicted octanol–water partition coefficient (Wildman–Crippen LogP) is 3.10. The van der Waals surface area contributed by atoms with E-state index >= 15 is 0 Å². The molecule has 4 aromatic rings. The van der Waals surface area contributed by atoms with E-state index in [1.165, 1.54) is 10.6 Å². The molecule has 0 aliphatic carbocycles. The molecule has 2 N–H and O–H groups in total. The van der Waals surface area contributed by atoms with E-state index in [0.717, 1.165) is 11.3 Å². The number of nitrogens with zero attached hydrogens (tertiary/aromatic N) is 4. The molecule has 2 heterocycles. The summed E-state index contributed by atoms with van der Waals surface area (Å²) in [6.45, 7) is 0. The molecule has 0 saturated heterocycles. The van der Waals surface area contributed by atoms with Crippen LogP contribution in [0.5, 0.6) is 0 Å². The van der Waals surface area contributed by atoms with Crippen LogP contribution in [0.25, 0.3) is 16.9 Å². The van der Waals surface area contributed by atoms with Crippen molar-refractivity contribution in [3.8, 4) is 11.3 Å². The molecule has 2 aromatic heterocycles. The van der Waals surface area contributed by atoms with Crippen molar-refractivity contribution in [2.45, 2.75) is 6.42 Å². The van der Waals surface area contributed by atoms with E-state index in [-0.39, 0.29) is 18.2 Å². The van der Waals surface area contributed by atoms with Crippen LogP contribution < -0.4 is 5.73 Å². The minimum absolute atomic E-state index is 0.230. The van der Waals surface area contributed by atoms with Gasteiger partial charge in [-0.25, -0.2) is 9.37 Å². The fourth-order valence-corrected chi connectivity index (χ4v) is 2.60. The predicted molar refractivity (Wildman–Crippen MR) is 89.8 cm³/mol. The first-order valence-electron chi connectivity index (χ1n) is 7.52. The summed E-state index contributed by atoms with van der Waals surface area (Å²) in [6.07, 6.45) is 0.277. The van der Waals surface area contributed by atoms with Crippen LogP contribution in [0, 0.1) is 5.82 Å². The largest absolute Gasteiger partial charge is 0.368 e. The lowest BCUT2D eigenvalue weighted by Crippen LogP contribution is -2.08. The summed E-state index contributed by atoms with van der Waals surface area (Å²) < 4.78 is 15.3. The van der Waals surface area contributed by atoms with E-state index in [0.29, 0.717) is 17.0 Å². The Balaban J connectivity index is 1.76. The van der Waals surface area contributed by atoms with Gasteiger partial charge in [0.1, 0.15) is 11.6 Å². The van der Waals surface area contributed by atoms with Gasteiger partial charge in [-0.15, -0.1) is 0 Å². The lowest BCUT2D eigenvalue weighted by molar-refractivity contribution is 0.612. The van der Waals surface area contributed by atoms with E-state index in [1.54, 1.807) is 18.2 Å². The van der Waals surface area contributed by atoms with Crippen molar-refractivity contribution < 1.29 is 4.39 Å². The van der Waals surface area contributed by atoms with Crippen LogP contribution >= 0.6 is 0 Å². The summed E-state index contributed by atoms with van der Waals surface area (Å²) in [5, 5.41) is 4.44. The number of hydrogen-bond acceptors (Lipinski definition) is 4. The van der Waals surface area contributed by atoms with E-state index in [9.17, 15) is 4.39 Å². The molecule has 2 aromatic carbocycles. The number of aromatic nitrogens is 4. The van der Waals surface area contributed by atoms with Crippen LogP contribution in [-0.4, -0.2) is 19.6 Å². The summed E-state index contributed by atoms with van der Waals surface area (Å²) >= 11 is 0. The van der Waals surface area contributed by atoms with E-state index in [1.807, 2.05) is 36.4 Å². The molecule has 0 radical (unpaired) electrons. The van der Waals surface area contributed by atoms with E-state index in [2.05, 4.69) is 15.1 Å². The van der Waals surface area contributed by atoms with Crippen molar-refractivity contribution in [1.82, 2.24) is 19.6 Å². The van der Waals surface area contributed by atoms with Crippen molar-refractivity contribution in [2.24, 2.45) is 0 Å². The molecule has 0 atom stereocenters. The summed E-state index contributed by atoms with van der Waals surface area (Å²) in [5.74, 6) is 0.413. The Morgan fingerprint density at radius 3 is 2.50 bits per heavy atom. The summed E-state index contributed by atoms with van der Waals surface area (Å²) in [7, 11) is 0. The number of rotatable bonds is 3. The van der Waals surface area contributed by atoms with Gasteiger partial charge in [-0.1, -0.05) is 48.5 Å². The van der Waals surface area contributed by atoms with Crippen LogP contribution in [0.15, 0.2) is 60.7 Å². The highest BCUT2D eigenvalue weighted by atomic mass is 19.1. The third-order valence-electron chi connectivity index (χ3n) is 3.77. The summed E-state index contributed by atoms with van der Waals surface area (Å²) in [5.41, 5.74) is 8.85. The van der Waals surface area contributed by atoms with Gasteiger partial charge in [0.15, 0.2) is 5.65 Å². The highest BCUT2D eigenvalue weighted by Gasteiger charge is 2.12. The van der Waals surface area contributed by atoms with Gasteiger partial charge in [-0.05, 0) is 11.6 Å². The van der Waals surface area contributed by atoms with Gasteiger partial charge in [-0.2, -0.15) is 14.6 Å². The number of nitrogens with two attached hydrogens (primary N) is 1.